The lowest BCUT2D eigenvalue weighted by Crippen LogP contribution is -2.14. The Hall–Kier alpha value is -0.340. The van der Waals surface area contributed by atoms with Gasteiger partial charge in [0.25, 0.3) is 0 Å². The summed E-state index contributed by atoms with van der Waals surface area (Å²) in [6.45, 7) is 6.39. The Morgan fingerprint density at radius 2 is 2.15 bits per heavy atom. The van der Waals surface area contributed by atoms with Gasteiger partial charge in [0.2, 0.25) is 0 Å². The zero-order valence-corrected chi connectivity index (χ0v) is 9.82. The minimum Gasteiger partial charge on any atom is -0.313 e. The average Bonchev–Trinajstić information content (AvgIpc) is 2.11. The standard InChI is InChI=1S/C11H16BrN/c1-3-6-13-8-10-7-11(12)5-4-9(10)2/h4-5,7,13H,3,6,8H2,1-2H3. The SMILES string of the molecule is CCCNCc1cc(Br)ccc1C. The third kappa shape index (κ3) is 3.49. The number of benzene rings is 1. The van der Waals surface area contributed by atoms with Crippen LogP contribution in [0.1, 0.15) is 24.5 Å². The van der Waals surface area contributed by atoms with Crippen molar-refractivity contribution in [3.8, 4) is 0 Å². The maximum atomic E-state index is 3.48. The molecule has 0 radical (unpaired) electrons. The maximum Gasteiger partial charge on any atom is 0.0208 e. The zero-order chi connectivity index (χ0) is 9.68. The second-order valence-corrected chi connectivity index (χ2v) is 4.16. The predicted octanol–water partition coefficient (Wildman–Crippen LogP) is 3.26. The van der Waals surface area contributed by atoms with E-state index in [0.29, 0.717) is 0 Å². The fourth-order valence-electron chi connectivity index (χ4n) is 1.23. The maximum absolute atomic E-state index is 3.48. The molecule has 0 heterocycles. The number of hydrogen-bond donors (Lipinski definition) is 1. The Balaban J connectivity index is 2.59. The molecule has 0 aliphatic carbocycles. The summed E-state index contributed by atoms with van der Waals surface area (Å²) in [6.07, 6.45) is 1.19. The minimum absolute atomic E-state index is 0.971. The summed E-state index contributed by atoms with van der Waals surface area (Å²) in [7, 11) is 0. The molecule has 1 nitrogen and oxygen atoms in total. The Labute approximate surface area is 88.7 Å². The fourth-order valence-corrected chi connectivity index (χ4v) is 1.64. The van der Waals surface area contributed by atoms with Gasteiger partial charge in [-0.05, 0) is 43.1 Å². The van der Waals surface area contributed by atoms with Gasteiger partial charge in [-0.1, -0.05) is 28.9 Å². The monoisotopic (exact) mass is 241 g/mol. The van der Waals surface area contributed by atoms with Crippen molar-refractivity contribution in [3.63, 3.8) is 0 Å². The molecular weight excluding hydrogens is 226 g/mol. The van der Waals surface area contributed by atoms with E-state index in [9.17, 15) is 0 Å². The summed E-state index contributed by atoms with van der Waals surface area (Å²) in [5, 5.41) is 3.40. The van der Waals surface area contributed by atoms with Gasteiger partial charge in [0.05, 0.1) is 0 Å². The topological polar surface area (TPSA) is 12.0 Å². The molecule has 0 aromatic heterocycles. The van der Waals surface area contributed by atoms with Gasteiger partial charge in [-0.3, -0.25) is 0 Å². The first-order valence-electron chi connectivity index (χ1n) is 4.69. The molecule has 0 fully saturated rings. The van der Waals surface area contributed by atoms with E-state index in [-0.39, 0.29) is 0 Å². The van der Waals surface area contributed by atoms with Gasteiger partial charge in [0.1, 0.15) is 0 Å². The average molecular weight is 242 g/mol. The van der Waals surface area contributed by atoms with E-state index in [2.05, 4.69) is 53.3 Å². The molecule has 0 aliphatic rings. The summed E-state index contributed by atoms with van der Waals surface area (Å²) in [4.78, 5) is 0. The summed E-state index contributed by atoms with van der Waals surface area (Å²) >= 11 is 3.48. The van der Waals surface area contributed by atoms with Gasteiger partial charge < -0.3 is 5.32 Å². The lowest BCUT2D eigenvalue weighted by atomic mass is 10.1. The highest BCUT2D eigenvalue weighted by molar-refractivity contribution is 9.10. The molecule has 1 rings (SSSR count). The molecule has 0 saturated heterocycles. The smallest absolute Gasteiger partial charge is 0.0208 e. The molecule has 0 saturated carbocycles. The Morgan fingerprint density at radius 3 is 2.85 bits per heavy atom. The van der Waals surface area contributed by atoms with Crippen LogP contribution in [0.2, 0.25) is 0 Å². The summed E-state index contributed by atoms with van der Waals surface area (Å²) < 4.78 is 1.16. The summed E-state index contributed by atoms with van der Waals surface area (Å²) in [6, 6.07) is 6.41. The van der Waals surface area contributed by atoms with Crippen molar-refractivity contribution in [3.05, 3.63) is 33.8 Å². The van der Waals surface area contributed by atoms with Crippen LogP contribution < -0.4 is 5.32 Å². The van der Waals surface area contributed by atoms with E-state index in [1.165, 1.54) is 17.5 Å². The second-order valence-electron chi connectivity index (χ2n) is 3.25. The first kappa shape index (κ1) is 10.7. The predicted molar refractivity (Wildman–Crippen MR) is 60.9 cm³/mol. The van der Waals surface area contributed by atoms with Gasteiger partial charge in [-0.15, -0.1) is 0 Å². The van der Waals surface area contributed by atoms with Gasteiger partial charge >= 0.3 is 0 Å². The van der Waals surface area contributed by atoms with Crippen molar-refractivity contribution in [2.75, 3.05) is 6.54 Å². The highest BCUT2D eigenvalue weighted by Crippen LogP contribution is 2.15. The molecule has 0 atom stereocenters. The van der Waals surface area contributed by atoms with Crippen molar-refractivity contribution in [2.45, 2.75) is 26.8 Å². The molecule has 1 N–H and O–H groups in total. The van der Waals surface area contributed by atoms with Crippen LogP contribution in [-0.2, 0) is 6.54 Å². The molecule has 1 aromatic rings. The Kier molecular flexibility index (Phi) is 4.46. The lowest BCUT2D eigenvalue weighted by molar-refractivity contribution is 0.673. The molecule has 0 unspecified atom stereocenters. The van der Waals surface area contributed by atoms with Crippen molar-refractivity contribution < 1.29 is 0 Å². The van der Waals surface area contributed by atoms with Crippen LogP contribution in [0.3, 0.4) is 0 Å². The molecule has 0 spiro atoms. The molecule has 1 aromatic carbocycles. The first-order valence-corrected chi connectivity index (χ1v) is 5.49. The Morgan fingerprint density at radius 1 is 1.38 bits per heavy atom. The zero-order valence-electron chi connectivity index (χ0n) is 8.23. The highest BCUT2D eigenvalue weighted by Gasteiger charge is 1.97. The largest absolute Gasteiger partial charge is 0.313 e. The van der Waals surface area contributed by atoms with E-state index >= 15 is 0 Å². The van der Waals surface area contributed by atoms with Crippen LogP contribution in [-0.4, -0.2) is 6.54 Å². The van der Waals surface area contributed by atoms with Crippen LogP contribution in [0, 0.1) is 6.92 Å². The van der Waals surface area contributed by atoms with Crippen molar-refractivity contribution >= 4 is 15.9 Å². The lowest BCUT2D eigenvalue weighted by Gasteiger charge is -2.07. The van der Waals surface area contributed by atoms with E-state index < -0.39 is 0 Å². The van der Waals surface area contributed by atoms with Crippen LogP contribution in [0.15, 0.2) is 22.7 Å². The summed E-state index contributed by atoms with van der Waals surface area (Å²) in [5.74, 6) is 0. The third-order valence-electron chi connectivity index (χ3n) is 2.05. The normalized spacial score (nSPS) is 10.4. The number of halogens is 1. The van der Waals surface area contributed by atoms with Crippen LogP contribution in [0.25, 0.3) is 0 Å². The van der Waals surface area contributed by atoms with E-state index in [4.69, 9.17) is 0 Å². The van der Waals surface area contributed by atoms with Crippen LogP contribution in [0.4, 0.5) is 0 Å². The van der Waals surface area contributed by atoms with Crippen molar-refractivity contribution in [1.29, 1.82) is 0 Å². The molecular formula is C11H16BrN. The highest BCUT2D eigenvalue weighted by atomic mass is 79.9. The van der Waals surface area contributed by atoms with Gasteiger partial charge in [-0.2, -0.15) is 0 Å². The van der Waals surface area contributed by atoms with Gasteiger partial charge in [-0.25, -0.2) is 0 Å². The number of nitrogens with one attached hydrogen (secondary N) is 1. The molecule has 0 aliphatic heterocycles. The van der Waals surface area contributed by atoms with Crippen LogP contribution in [0.5, 0.6) is 0 Å². The van der Waals surface area contributed by atoms with Gasteiger partial charge in [0, 0.05) is 11.0 Å². The molecule has 72 valence electrons. The van der Waals surface area contributed by atoms with E-state index in [1.807, 2.05) is 0 Å². The van der Waals surface area contributed by atoms with E-state index in [0.717, 1.165) is 17.6 Å². The van der Waals surface area contributed by atoms with Crippen LogP contribution >= 0.6 is 15.9 Å². The summed E-state index contributed by atoms with van der Waals surface area (Å²) in [5.41, 5.74) is 2.73. The Bertz CT molecular complexity index is 271. The van der Waals surface area contributed by atoms with E-state index in [1.54, 1.807) is 0 Å². The quantitative estimate of drug-likeness (QED) is 0.799. The molecule has 0 bridgehead atoms. The second kappa shape index (κ2) is 5.40. The number of aryl methyl sites for hydroxylation is 1. The van der Waals surface area contributed by atoms with Crippen molar-refractivity contribution in [1.82, 2.24) is 5.32 Å². The molecule has 13 heavy (non-hydrogen) atoms. The van der Waals surface area contributed by atoms with Crippen molar-refractivity contribution in [2.24, 2.45) is 0 Å². The fraction of sp³-hybridized carbons (Fsp3) is 0.455. The minimum atomic E-state index is 0.971. The first-order chi connectivity index (χ1) is 6.24. The molecule has 2 heteroatoms. The third-order valence-corrected chi connectivity index (χ3v) is 2.55. The van der Waals surface area contributed by atoms with Gasteiger partial charge in [0.15, 0.2) is 0 Å². The number of hydrogen-bond acceptors (Lipinski definition) is 1. The molecule has 0 amide bonds. The number of rotatable bonds is 4.